The second-order valence-electron chi connectivity index (χ2n) is 15.7. The number of carbonyl (C=O) groups is 3. The molecular formula is C51H88O6. The predicted molar refractivity (Wildman–Crippen MR) is 242 cm³/mol. The third kappa shape index (κ3) is 44.1. The summed E-state index contributed by atoms with van der Waals surface area (Å²) in [5.41, 5.74) is 0. The van der Waals surface area contributed by atoms with Gasteiger partial charge in [0.25, 0.3) is 0 Å². The predicted octanol–water partition coefficient (Wildman–Crippen LogP) is 15.3. The zero-order chi connectivity index (χ0) is 41.5. The lowest BCUT2D eigenvalue weighted by atomic mass is 10.0. The topological polar surface area (TPSA) is 78.9 Å². The molecule has 0 N–H and O–H groups in total. The van der Waals surface area contributed by atoms with Crippen molar-refractivity contribution in [2.45, 2.75) is 232 Å². The highest BCUT2D eigenvalue weighted by atomic mass is 16.6. The van der Waals surface area contributed by atoms with E-state index in [0.717, 1.165) is 103 Å². The molecule has 0 aliphatic rings. The number of allylic oxidation sites excluding steroid dienone is 10. The molecule has 0 amide bonds. The highest BCUT2D eigenvalue weighted by Crippen LogP contribution is 2.15. The van der Waals surface area contributed by atoms with E-state index in [1.165, 1.54) is 83.5 Å². The van der Waals surface area contributed by atoms with Gasteiger partial charge in [0.15, 0.2) is 6.10 Å². The number of esters is 3. The van der Waals surface area contributed by atoms with Crippen LogP contribution < -0.4 is 0 Å². The lowest BCUT2D eigenvalue weighted by Gasteiger charge is -2.18. The summed E-state index contributed by atoms with van der Waals surface area (Å²) >= 11 is 0. The van der Waals surface area contributed by atoms with Gasteiger partial charge in [0.1, 0.15) is 13.2 Å². The number of carbonyl (C=O) groups excluding carboxylic acids is 3. The van der Waals surface area contributed by atoms with Crippen molar-refractivity contribution in [2.24, 2.45) is 0 Å². The van der Waals surface area contributed by atoms with Gasteiger partial charge in [0, 0.05) is 19.3 Å². The number of hydrogen-bond acceptors (Lipinski definition) is 6. The van der Waals surface area contributed by atoms with E-state index in [-0.39, 0.29) is 31.1 Å². The standard InChI is InChI=1S/C51H88O6/c1-4-7-10-13-16-19-22-24-26-28-29-32-35-38-41-44-50(53)56-47-48(46-55-49(52)43-40-37-34-31-21-18-15-12-9-6-3)57-51(54)45-42-39-36-33-30-27-25-23-20-17-14-11-8-5-2/h7,10,13,15-16,18-19,22,24,26,48H,4-6,8-9,11-12,14,17,20-21,23,25,27-47H2,1-3H3/b10-7-,16-13-,18-15-,22-19-,26-24-. The molecule has 6 heteroatoms. The van der Waals surface area contributed by atoms with Gasteiger partial charge >= 0.3 is 17.9 Å². The van der Waals surface area contributed by atoms with Gasteiger partial charge in [-0.1, -0.05) is 210 Å². The van der Waals surface area contributed by atoms with Crippen molar-refractivity contribution < 1.29 is 28.6 Å². The van der Waals surface area contributed by atoms with Gasteiger partial charge in [-0.15, -0.1) is 0 Å². The summed E-state index contributed by atoms with van der Waals surface area (Å²) in [6, 6.07) is 0. The van der Waals surface area contributed by atoms with E-state index in [4.69, 9.17) is 14.2 Å². The second-order valence-corrected chi connectivity index (χ2v) is 15.7. The van der Waals surface area contributed by atoms with Crippen LogP contribution in [0.4, 0.5) is 0 Å². The van der Waals surface area contributed by atoms with Crippen molar-refractivity contribution in [2.75, 3.05) is 13.2 Å². The monoisotopic (exact) mass is 797 g/mol. The maximum atomic E-state index is 12.7. The first-order valence-corrected chi connectivity index (χ1v) is 23.8. The molecule has 0 aromatic heterocycles. The van der Waals surface area contributed by atoms with Gasteiger partial charge in [-0.2, -0.15) is 0 Å². The fourth-order valence-corrected chi connectivity index (χ4v) is 6.49. The molecule has 328 valence electrons. The van der Waals surface area contributed by atoms with Gasteiger partial charge in [-0.3, -0.25) is 14.4 Å². The summed E-state index contributed by atoms with van der Waals surface area (Å²) in [6.45, 7) is 6.42. The van der Waals surface area contributed by atoms with Gasteiger partial charge in [-0.25, -0.2) is 0 Å². The molecule has 0 aromatic carbocycles. The Labute approximate surface area is 351 Å². The third-order valence-corrected chi connectivity index (χ3v) is 10.1. The van der Waals surface area contributed by atoms with Crippen LogP contribution in [0, 0.1) is 0 Å². The van der Waals surface area contributed by atoms with Crippen LogP contribution in [0.25, 0.3) is 0 Å². The summed E-state index contributed by atoms with van der Waals surface area (Å²) in [7, 11) is 0. The van der Waals surface area contributed by atoms with Gasteiger partial charge in [0.2, 0.25) is 0 Å². The summed E-state index contributed by atoms with van der Waals surface area (Å²) in [4.78, 5) is 37.8. The Morgan fingerprint density at radius 1 is 0.368 bits per heavy atom. The van der Waals surface area contributed by atoms with Crippen LogP contribution in [0.2, 0.25) is 0 Å². The van der Waals surface area contributed by atoms with Crippen molar-refractivity contribution in [3.8, 4) is 0 Å². The van der Waals surface area contributed by atoms with Crippen LogP contribution in [-0.2, 0) is 28.6 Å². The minimum Gasteiger partial charge on any atom is -0.462 e. The van der Waals surface area contributed by atoms with Crippen LogP contribution in [-0.4, -0.2) is 37.2 Å². The minimum absolute atomic E-state index is 0.0869. The Hall–Kier alpha value is -2.89. The second kappa shape index (κ2) is 45.8. The van der Waals surface area contributed by atoms with E-state index in [1.54, 1.807) is 0 Å². The summed E-state index contributed by atoms with van der Waals surface area (Å²) < 4.78 is 16.7. The first-order valence-electron chi connectivity index (χ1n) is 23.8. The minimum atomic E-state index is -0.784. The molecule has 0 aromatic rings. The molecule has 0 saturated carbocycles. The molecule has 57 heavy (non-hydrogen) atoms. The van der Waals surface area contributed by atoms with Crippen molar-refractivity contribution in [3.63, 3.8) is 0 Å². The normalized spacial score (nSPS) is 12.5. The van der Waals surface area contributed by atoms with E-state index in [2.05, 4.69) is 63.3 Å². The Morgan fingerprint density at radius 2 is 0.719 bits per heavy atom. The zero-order valence-corrected chi connectivity index (χ0v) is 37.3. The SMILES string of the molecule is CC\C=C/C=C\C=C/C=C\CCCCCCCC(=O)OCC(COC(=O)CCCCCC/C=C\CCCC)OC(=O)CCCCCCCCCCCCCCCC. The molecular weight excluding hydrogens is 709 g/mol. The highest BCUT2D eigenvalue weighted by molar-refractivity contribution is 5.71. The zero-order valence-electron chi connectivity index (χ0n) is 37.3. The lowest BCUT2D eigenvalue weighted by Crippen LogP contribution is -2.30. The molecule has 0 heterocycles. The average Bonchev–Trinajstić information content (AvgIpc) is 3.21. The summed E-state index contributed by atoms with van der Waals surface area (Å²) in [5, 5.41) is 0. The molecule has 0 bridgehead atoms. The number of unbranched alkanes of at least 4 members (excludes halogenated alkanes) is 24. The maximum absolute atomic E-state index is 12.7. The first kappa shape index (κ1) is 54.1. The maximum Gasteiger partial charge on any atom is 0.306 e. The van der Waals surface area contributed by atoms with Gasteiger partial charge in [0.05, 0.1) is 0 Å². The highest BCUT2D eigenvalue weighted by Gasteiger charge is 2.19. The molecule has 1 atom stereocenters. The van der Waals surface area contributed by atoms with Crippen LogP contribution in [0.5, 0.6) is 0 Å². The largest absolute Gasteiger partial charge is 0.462 e. The van der Waals surface area contributed by atoms with Gasteiger partial charge in [-0.05, 0) is 57.8 Å². The van der Waals surface area contributed by atoms with Crippen LogP contribution in [0.15, 0.2) is 60.8 Å². The smallest absolute Gasteiger partial charge is 0.306 e. The number of ether oxygens (including phenoxy) is 3. The van der Waals surface area contributed by atoms with Crippen molar-refractivity contribution in [1.82, 2.24) is 0 Å². The quantitative estimate of drug-likeness (QED) is 0.0201. The van der Waals surface area contributed by atoms with Crippen molar-refractivity contribution in [3.05, 3.63) is 60.8 Å². The fraction of sp³-hybridized carbons (Fsp3) is 0.745. The van der Waals surface area contributed by atoms with Crippen molar-refractivity contribution >= 4 is 17.9 Å². The van der Waals surface area contributed by atoms with E-state index in [9.17, 15) is 14.4 Å². The molecule has 0 radical (unpaired) electrons. The third-order valence-electron chi connectivity index (χ3n) is 10.1. The summed E-state index contributed by atoms with van der Waals surface area (Å²) in [6.07, 6.45) is 54.8. The van der Waals surface area contributed by atoms with Crippen LogP contribution >= 0.6 is 0 Å². The van der Waals surface area contributed by atoms with Crippen LogP contribution in [0.3, 0.4) is 0 Å². The molecule has 6 nitrogen and oxygen atoms in total. The Morgan fingerprint density at radius 3 is 1.18 bits per heavy atom. The molecule has 0 aliphatic heterocycles. The molecule has 0 fully saturated rings. The lowest BCUT2D eigenvalue weighted by molar-refractivity contribution is -0.167. The molecule has 1 unspecified atom stereocenters. The van der Waals surface area contributed by atoms with E-state index >= 15 is 0 Å². The van der Waals surface area contributed by atoms with Crippen molar-refractivity contribution in [1.29, 1.82) is 0 Å². The van der Waals surface area contributed by atoms with Gasteiger partial charge < -0.3 is 14.2 Å². The summed E-state index contributed by atoms with van der Waals surface area (Å²) in [5.74, 6) is -0.922. The van der Waals surface area contributed by atoms with Crippen LogP contribution in [0.1, 0.15) is 226 Å². The first-order chi connectivity index (χ1) is 28.0. The fourth-order valence-electron chi connectivity index (χ4n) is 6.49. The molecule has 0 spiro atoms. The average molecular weight is 797 g/mol. The Bertz CT molecular complexity index is 1050. The van der Waals surface area contributed by atoms with E-state index in [1.807, 2.05) is 18.2 Å². The van der Waals surface area contributed by atoms with E-state index in [0.29, 0.717) is 19.3 Å². The molecule has 0 rings (SSSR count). The Kier molecular flexibility index (Phi) is 43.5. The van der Waals surface area contributed by atoms with E-state index < -0.39 is 6.10 Å². The Balaban J connectivity index is 4.41. The number of rotatable bonds is 42. The number of hydrogen-bond donors (Lipinski definition) is 0. The molecule has 0 saturated heterocycles. The molecule has 0 aliphatic carbocycles.